The molecule has 0 aliphatic rings. The number of amides is 1. The van der Waals surface area contributed by atoms with Crippen molar-refractivity contribution < 1.29 is 9.21 Å². The van der Waals surface area contributed by atoms with E-state index in [4.69, 9.17) is 4.42 Å². The van der Waals surface area contributed by atoms with E-state index in [1.807, 2.05) is 42.5 Å². The van der Waals surface area contributed by atoms with Gasteiger partial charge < -0.3 is 9.32 Å². The van der Waals surface area contributed by atoms with Gasteiger partial charge in [-0.25, -0.2) is 4.98 Å². The van der Waals surface area contributed by atoms with Crippen LogP contribution in [0.15, 0.2) is 85.8 Å². The molecule has 4 aromatic rings. The molecule has 0 aliphatic carbocycles. The van der Waals surface area contributed by atoms with Gasteiger partial charge >= 0.3 is 0 Å². The molecule has 1 amide bonds. The van der Waals surface area contributed by atoms with E-state index in [9.17, 15) is 9.59 Å². The van der Waals surface area contributed by atoms with Crippen molar-refractivity contribution in [3.05, 3.63) is 93.1 Å². The number of nitrogens with zero attached hydrogens (tertiary/aromatic N) is 3. The Kier molecular flexibility index (Phi) is 6.58. The Bertz CT molecular complexity index is 1270. The molecule has 0 saturated carbocycles. The third-order valence-corrected chi connectivity index (χ3v) is 6.57. The SMILES string of the molecule is CN(Cc1ccccc1Br)C(=O)CSc1nc2ccccc2c(=O)n1Cc1ccco1. The summed E-state index contributed by atoms with van der Waals surface area (Å²) in [5.74, 6) is 0.773. The summed E-state index contributed by atoms with van der Waals surface area (Å²) in [6.07, 6.45) is 1.57. The van der Waals surface area contributed by atoms with E-state index in [1.54, 1.807) is 41.0 Å². The van der Waals surface area contributed by atoms with Crippen LogP contribution in [-0.4, -0.2) is 33.2 Å². The van der Waals surface area contributed by atoms with Gasteiger partial charge in [0.05, 0.1) is 29.5 Å². The maximum Gasteiger partial charge on any atom is 0.262 e. The summed E-state index contributed by atoms with van der Waals surface area (Å²) in [5, 5.41) is 1.03. The summed E-state index contributed by atoms with van der Waals surface area (Å²) in [6.45, 7) is 0.748. The highest BCUT2D eigenvalue weighted by Gasteiger charge is 2.16. The highest BCUT2D eigenvalue weighted by molar-refractivity contribution is 9.10. The largest absolute Gasteiger partial charge is 0.467 e. The Morgan fingerprint density at radius 1 is 1.13 bits per heavy atom. The molecule has 31 heavy (non-hydrogen) atoms. The number of halogens is 1. The summed E-state index contributed by atoms with van der Waals surface area (Å²) in [6, 6.07) is 18.6. The fourth-order valence-electron chi connectivity index (χ4n) is 3.16. The molecular weight excluding hydrogens is 478 g/mol. The molecule has 0 radical (unpaired) electrons. The molecule has 8 heteroatoms. The summed E-state index contributed by atoms with van der Waals surface area (Å²) >= 11 is 4.77. The van der Waals surface area contributed by atoms with E-state index >= 15 is 0 Å². The van der Waals surface area contributed by atoms with Gasteiger partial charge in [0.1, 0.15) is 5.76 Å². The molecule has 0 atom stereocenters. The van der Waals surface area contributed by atoms with Crippen LogP contribution in [-0.2, 0) is 17.9 Å². The number of aromatic nitrogens is 2. The van der Waals surface area contributed by atoms with Crippen LogP contribution in [0.1, 0.15) is 11.3 Å². The molecule has 0 bridgehead atoms. The molecule has 2 aromatic carbocycles. The Morgan fingerprint density at radius 3 is 2.68 bits per heavy atom. The van der Waals surface area contributed by atoms with E-state index < -0.39 is 0 Å². The van der Waals surface area contributed by atoms with Crippen molar-refractivity contribution in [2.24, 2.45) is 0 Å². The first-order valence-corrected chi connectivity index (χ1v) is 11.4. The molecule has 0 N–H and O–H groups in total. The topological polar surface area (TPSA) is 68.3 Å². The van der Waals surface area contributed by atoms with E-state index in [-0.39, 0.29) is 23.8 Å². The number of benzene rings is 2. The molecule has 0 fully saturated rings. The first-order valence-electron chi connectivity index (χ1n) is 9.65. The van der Waals surface area contributed by atoms with Crippen molar-refractivity contribution in [1.29, 1.82) is 0 Å². The number of rotatable bonds is 7. The number of carbonyl (C=O) groups excluding carboxylic acids is 1. The van der Waals surface area contributed by atoms with Crippen molar-refractivity contribution in [3.63, 3.8) is 0 Å². The first kappa shape index (κ1) is 21.4. The molecular formula is C23H20BrN3O3S. The Balaban J connectivity index is 1.56. The number of para-hydroxylation sites is 1. The lowest BCUT2D eigenvalue weighted by molar-refractivity contribution is -0.127. The average molecular weight is 498 g/mol. The van der Waals surface area contributed by atoms with Crippen LogP contribution >= 0.6 is 27.7 Å². The van der Waals surface area contributed by atoms with E-state index in [0.29, 0.717) is 28.4 Å². The van der Waals surface area contributed by atoms with Crippen molar-refractivity contribution in [2.45, 2.75) is 18.2 Å². The Labute approximate surface area is 192 Å². The predicted octanol–water partition coefficient (Wildman–Crippen LogP) is 4.55. The van der Waals surface area contributed by atoms with Gasteiger partial charge in [-0.1, -0.05) is 58.0 Å². The molecule has 0 aliphatic heterocycles. The standard InChI is InChI=1S/C23H20BrN3O3S/c1-26(13-16-7-2-4-10-19(16)24)21(28)15-31-23-25-20-11-5-3-9-18(20)22(29)27(23)14-17-8-6-12-30-17/h2-12H,13-15H2,1H3. The van der Waals surface area contributed by atoms with Gasteiger partial charge in [-0.3, -0.25) is 14.2 Å². The highest BCUT2D eigenvalue weighted by Crippen LogP contribution is 2.21. The smallest absolute Gasteiger partial charge is 0.262 e. The average Bonchev–Trinajstić information content (AvgIpc) is 3.29. The van der Waals surface area contributed by atoms with E-state index in [2.05, 4.69) is 20.9 Å². The Hall–Kier alpha value is -2.84. The van der Waals surface area contributed by atoms with Gasteiger partial charge in [-0.15, -0.1) is 0 Å². The monoisotopic (exact) mass is 497 g/mol. The highest BCUT2D eigenvalue weighted by atomic mass is 79.9. The van der Waals surface area contributed by atoms with Gasteiger partial charge in [0.15, 0.2) is 5.16 Å². The fourth-order valence-corrected chi connectivity index (χ4v) is 4.51. The second-order valence-corrected chi connectivity index (χ2v) is 8.81. The number of furan rings is 1. The normalized spacial score (nSPS) is 11.0. The van der Waals surface area contributed by atoms with Gasteiger partial charge in [-0.05, 0) is 35.9 Å². The summed E-state index contributed by atoms with van der Waals surface area (Å²) < 4.78 is 7.95. The second-order valence-electron chi connectivity index (χ2n) is 7.01. The van der Waals surface area contributed by atoms with Gasteiger partial charge in [0.2, 0.25) is 5.91 Å². The summed E-state index contributed by atoms with van der Waals surface area (Å²) in [7, 11) is 1.77. The summed E-state index contributed by atoms with van der Waals surface area (Å²) in [4.78, 5) is 32.2. The third-order valence-electron chi connectivity index (χ3n) is 4.84. The molecule has 0 saturated heterocycles. The number of carbonyl (C=O) groups is 1. The van der Waals surface area contributed by atoms with Gasteiger partial charge in [-0.2, -0.15) is 0 Å². The molecule has 4 rings (SSSR count). The summed E-state index contributed by atoms with van der Waals surface area (Å²) in [5.41, 5.74) is 1.49. The number of thioether (sulfide) groups is 1. The minimum Gasteiger partial charge on any atom is -0.467 e. The van der Waals surface area contributed by atoms with Crippen LogP contribution in [0.4, 0.5) is 0 Å². The zero-order valence-electron chi connectivity index (χ0n) is 16.8. The fraction of sp³-hybridized carbons (Fsp3) is 0.174. The maximum atomic E-state index is 13.1. The minimum absolute atomic E-state index is 0.0484. The predicted molar refractivity (Wildman–Crippen MR) is 125 cm³/mol. The number of fused-ring (bicyclic) bond motifs is 1. The van der Waals surface area contributed by atoms with E-state index in [0.717, 1.165) is 10.0 Å². The van der Waals surface area contributed by atoms with Crippen molar-refractivity contribution in [1.82, 2.24) is 14.5 Å². The molecule has 2 aromatic heterocycles. The first-order chi connectivity index (χ1) is 15.0. The van der Waals surface area contributed by atoms with Gasteiger partial charge in [0, 0.05) is 18.1 Å². The van der Waals surface area contributed by atoms with Crippen LogP contribution < -0.4 is 5.56 Å². The minimum atomic E-state index is -0.154. The lowest BCUT2D eigenvalue weighted by Gasteiger charge is -2.18. The van der Waals surface area contributed by atoms with E-state index in [1.165, 1.54) is 11.8 Å². The molecule has 158 valence electrons. The van der Waals surface area contributed by atoms with Crippen molar-refractivity contribution in [2.75, 3.05) is 12.8 Å². The molecule has 2 heterocycles. The third kappa shape index (κ3) is 4.91. The van der Waals surface area contributed by atoms with Gasteiger partial charge in [0.25, 0.3) is 5.56 Å². The Morgan fingerprint density at radius 2 is 1.90 bits per heavy atom. The maximum absolute atomic E-state index is 13.1. The molecule has 0 unspecified atom stereocenters. The van der Waals surface area contributed by atoms with Crippen LogP contribution in [0.2, 0.25) is 0 Å². The lowest BCUT2D eigenvalue weighted by Crippen LogP contribution is -2.29. The zero-order chi connectivity index (χ0) is 21.8. The number of hydrogen-bond donors (Lipinski definition) is 0. The quantitative estimate of drug-likeness (QED) is 0.276. The lowest BCUT2D eigenvalue weighted by atomic mass is 10.2. The molecule has 0 spiro atoms. The van der Waals surface area contributed by atoms with Crippen molar-refractivity contribution >= 4 is 44.5 Å². The van der Waals surface area contributed by atoms with Crippen LogP contribution in [0.5, 0.6) is 0 Å². The van der Waals surface area contributed by atoms with Crippen LogP contribution in [0.25, 0.3) is 10.9 Å². The molecule has 6 nitrogen and oxygen atoms in total. The van der Waals surface area contributed by atoms with Crippen molar-refractivity contribution in [3.8, 4) is 0 Å². The number of hydrogen-bond acceptors (Lipinski definition) is 5. The zero-order valence-corrected chi connectivity index (χ0v) is 19.2. The van der Waals surface area contributed by atoms with Crippen LogP contribution in [0, 0.1) is 0 Å². The van der Waals surface area contributed by atoms with Crippen LogP contribution in [0.3, 0.4) is 0 Å². The second kappa shape index (κ2) is 9.53.